The smallest absolute Gasteiger partial charge is 0.248 e. The molecule has 0 unspecified atom stereocenters. The third kappa shape index (κ3) is 2.48. The van der Waals surface area contributed by atoms with Gasteiger partial charge in [-0.3, -0.25) is 9.78 Å². The molecule has 21 heavy (non-hydrogen) atoms. The highest BCUT2D eigenvalue weighted by atomic mass is 19.1. The van der Waals surface area contributed by atoms with Gasteiger partial charge in [-0.25, -0.2) is 4.39 Å². The maximum Gasteiger partial charge on any atom is 0.248 e. The Morgan fingerprint density at radius 1 is 1.14 bits per heavy atom. The van der Waals surface area contributed by atoms with Gasteiger partial charge in [0.2, 0.25) is 5.91 Å². The molecule has 1 aromatic heterocycles. The van der Waals surface area contributed by atoms with Gasteiger partial charge in [-0.2, -0.15) is 0 Å². The number of hydrogen-bond donors (Lipinski definition) is 1. The third-order valence-electron chi connectivity index (χ3n) is 3.48. The molecule has 0 saturated carbocycles. The SMILES string of the molecule is Cc1ccc(C(N)=O)cc1-c1cnc2cc(F)ccc2c1. The Balaban J connectivity index is 2.18. The molecule has 0 aliphatic carbocycles. The zero-order chi connectivity index (χ0) is 15.0. The largest absolute Gasteiger partial charge is 0.366 e. The van der Waals surface area contributed by atoms with Gasteiger partial charge in [0, 0.05) is 28.8 Å². The van der Waals surface area contributed by atoms with Crippen molar-refractivity contribution >= 4 is 16.8 Å². The van der Waals surface area contributed by atoms with Gasteiger partial charge < -0.3 is 5.73 Å². The second-order valence-corrected chi connectivity index (χ2v) is 4.95. The van der Waals surface area contributed by atoms with Gasteiger partial charge in [0.25, 0.3) is 0 Å². The molecule has 0 aliphatic heterocycles. The minimum Gasteiger partial charge on any atom is -0.366 e. The minimum absolute atomic E-state index is 0.311. The van der Waals surface area contributed by atoms with Gasteiger partial charge in [0.05, 0.1) is 5.52 Å². The van der Waals surface area contributed by atoms with E-state index in [1.807, 2.05) is 19.1 Å². The third-order valence-corrected chi connectivity index (χ3v) is 3.48. The van der Waals surface area contributed by atoms with E-state index in [0.717, 1.165) is 22.1 Å². The van der Waals surface area contributed by atoms with Gasteiger partial charge in [-0.1, -0.05) is 6.07 Å². The summed E-state index contributed by atoms with van der Waals surface area (Å²) in [7, 11) is 0. The first-order valence-corrected chi connectivity index (χ1v) is 6.51. The summed E-state index contributed by atoms with van der Waals surface area (Å²) >= 11 is 0. The molecule has 0 spiro atoms. The van der Waals surface area contributed by atoms with Crippen molar-refractivity contribution in [1.82, 2.24) is 4.98 Å². The van der Waals surface area contributed by atoms with E-state index in [-0.39, 0.29) is 5.82 Å². The monoisotopic (exact) mass is 280 g/mol. The molecule has 3 rings (SSSR count). The van der Waals surface area contributed by atoms with Crippen molar-refractivity contribution in [3.05, 3.63) is 65.6 Å². The first kappa shape index (κ1) is 13.2. The second kappa shape index (κ2) is 4.98. The van der Waals surface area contributed by atoms with E-state index in [2.05, 4.69) is 4.98 Å². The highest BCUT2D eigenvalue weighted by Gasteiger charge is 2.08. The van der Waals surface area contributed by atoms with Gasteiger partial charge in [-0.05, 0) is 48.4 Å². The fraction of sp³-hybridized carbons (Fsp3) is 0.0588. The Bertz CT molecular complexity index is 859. The van der Waals surface area contributed by atoms with Crippen LogP contribution in [0.25, 0.3) is 22.0 Å². The summed E-state index contributed by atoms with van der Waals surface area (Å²) in [4.78, 5) is 15.6. The lowest BCUT2D eigenvalue weighted by atomic mass is 9.98. The van der Waals surface area contributed by atoms with Crippen molar-refractivity contribution in [3.63, 3.8) is 0 Å². The molecule has 2 N–H and O–H groups in total. The highest BCUT2D eigenvalue weighted by molar-refractivity contribution is 5.95. The lowest BCUT2D eigenvalue weighted by molar-refractivity contribution is 0.100. The van der Waals surface area contributed by atoms with Crippen LogP contribution in [0, 0.1) is 12.7 Å². The van der Waals surface area contributed by atoms with Crippen molar-refractivity contribution in [2.75, 3.05) is 0 Å². The van der Waals surface area contributed by atoms with Crippen LogP contribution in [-0.2, 0) is 0 Å². The van der Waals surface area contributed by atoms with Gasteiger partial charge in [0.15, 0.2) is 0 Å². The van der Waals surface area contributed by atoms with E-state index >= 15 is 0 Å². The maximum atomic E-state index is 13.2. The average molecular weight is 280 g/mol. The molecular weight excluding hydrogens is 267 g/mol. The molecular formula is C17H13FN2O. The number of carbonyl (C=O) groups excluding carboxylic acids is 1. The van der Waals surface area contributed by atoms with Gasteiger partial charge >= 0.3 is 0 Å². The normalized spacial score (nSPS) is 10.8. The summed E-state index contributed by atoms with van der Waals surface area (Å²) in [5.41, 5.74) is 9.16. The Hall–Kier alpha value is -2.75. The zero-order valence-corrected chi connectivity index (χ0v) is 11.4. The Labute approximate surface area is 121 Å². The van der Waals surface area contributed by atoms with E-state index < -0.39 is 5.91 Å². The van der Waals surface area contributed by atoms with Gasteiger partial charge in [-0.15, -0.1) is 0 Å². The molecule has 3 aromatic rings. The quantitative estimate of drug-likeness (QED) is 0.781. The van der Waals surface area contributed by atoms with Crippen LogP contribution in [0.3, 0.4) is 0 Å². The van der Waals surface area contributed by atoms with Crippen molar-refractivity contribution in [2.45, 2.75) is 6.92 Å². The Kier molecular flexibility index (Phi) is 3.14. The number of hydrogen-bond acceptors (Lipinski definition) is 2. The number of benzene rings is 2. The summed E-state index contributed by atoms with van der Waals surface area (Å²) in [6, 6.07) is 11.7. The zero-order valence-electron chi connectivity index (χ0n) is 11.4. The summed E-state index contributed by atoms with van der Waals surface area (Å²) in [6.07, 6.45) is 1.68. The molecule has 104 valence electrons. The maximum absolute atomic E-state index is 13.2. The lowest BCUT2D eigenvalue weighted by Crippen LogP contribution is -2.10. The average Bonchev–Trinajstić information content (AvgIpc) is 2.47. The molecule has 0 fully saturated rings. The standard InChI is InChI=1S/C17H13FN2O/c1-10-2-3-12(17(19)21)7-15(10)13-6-11-4-5-14(18)8-16(11)20-9-13/h2-9H,1H3,(H2,19,21). The number of halogens is 1. The number of nitrogens with zero attached hydrogens (tertiary/aromatic N) is 1. The minimum atomic E-state index is -0.466. The van der Waals surface area contributed by atoms with Crippen LogP contribution in [-0.4, -0.2) is 10.9 Å². The van der Waals surface area contributed by atoms with E-state index in [0.29, 0.717) is 11.1 Å². The van der Waals surface area contributed by atoms with Gasteiger partial charge in [0.1, 0.15) is 5.82 Å². The number of rotatable bonds is 2. The fourth-order valence-corrected chi connectivity index (χ4v) is 2.33. The molecule has 2 aromatic carbocycles. The molecule has 0 radical (unpaired) electrons. The first-order valence-electron chi connectivity index (χ1n) is 6.51. The van der Waals surface area contributed by atoms with Crippen molar-refractivity contribution in [3.8, 4) is 11.1 Å². The number of nitrogens with two attached hydrogens (primary N) is 1. The van der Waals surface area contributed by atoms with Crippen LogP contribution in [0.1, 0.15) is 15.9 Å². The number of amides is 1. The Morgan fingerprint density at radius 2 is 1.95 bits per heavy atom. The van der Waals surface area contributed by atoms with Crippen LogP contribution in [0.15, 0.2) is 48.7 Å². The van der Waals surface area contributed by atoms with Crippen molar-refractivity contribution < 1.29 is 9.18 Å². The van der Waals surface area contributed by atoms with E-state index in [1.165, 1.54) is 12.1 Å². The molecule has 3 nitrogen and oxygen atoms in total. The molecule has 0 atom stereocenters. The molecule has 1 heterocycles. The number of pyridine rings is 1. The lowest BCUT2D eigenvalue weighted by Gasteiger charge is -2.08. The summed E-state index contributed by atoms with van der Waals surface area (Å²) in [5.74, 6) is -0.776. The first-order chi connectivity index (χ1) is 10.0. The Morgan fingerprint density at radius 3 is 2.71 bits per heavy atom. The van der Waals surface area contributed by atoms with Crippen LogP contribution in [0.4, 0.5) is 4.39 Å². The number of aromatic nitrogens is 1. The van der Waals surface area contributed by atoms with Crippen molar-refractivity contribution in [2.24, 2.45) is 5.73 Å². The van der Waals surface area contributed by atoms with Crippen molar-refractivity contribution in [1.29, 1.82) is 0 Å². The highest BCUT2D eigenvalue weighted by Crippen LogP contribution is 2.27. The van der Waals surface area contributed by atoms with Crippen LogP contribution >= 0.6 is 0 Å². The molecule has 0 saturated heterocycles. The predicted molar refractivity (Wildman–Crippen MR) is 80.4 cm³/mol. The molecule has 0 aliphatic rings. The van der Waals surface area contributed by atoms with E-state index in [4.69, 9.17) is 5.73 Å². The van der Waals surface area contributed by atoms with E-state index in [9.17, 15) is 9.18 Å². The second-order valence-electron chi connectivity index (χ2n) is 4.95. The predicted octanol–water partition coefficient (Wildman–Crippen LogP) is 3.45. The topological polar surface area (TPSA) is 56.0 Å². The number of fused-ring (bicyclic) bond motifs is 1. The number of primary amides is 1. The molecule has 0 bridgehead atoms. The molecule has 1 amide bonds. The summed E-state index contributed by atoms with van der Waals surface area (Å²) < 4.78 is 13.2. The van der Waals surface area contributed by atoms with Crippen LogP contribution in [0.5, 0.6) is 0 Å². The molecule has 4 heteroatoms. The fourth-order valence-electron chi connectivity index (χ4n) is 2.33. The number of aryl methyl sites for hydroxylation is 1. The summed E-state index contributed by atoms with van der Waals surface area (Å²) in [6.45, 7) is 1.95. The van der Waals surface area contributed by atoms with Crippen LogP contribution in [0.2, 0.25) is 0 Å². The summed E-state index contributed by atoms with van der Waals surface area (Å²) in [5, 5.41) is 0.845. The van der Waals surface area contributed by atoms with Crippen LogP contribution < -0.4 is 5.73 Å². The van der Waals surface area contributed by atoms with E-state index in [1.54, 1.807) is 24.4 Å². The number of carbonyl (C=O) groups is 1.